The molecule has 0 saturated heterocycles. The molecule has 8 saturated carbocycles. The third-order valence-electron chi connectivity index (χ3n) is 27.5. The molecular formula is C88H176O8. The lowest BCUT2D eigenvalue weighted by molar-refractivity contribution is -0.0243. The quantitative estimate of drug-likeness (QED) is 0.138. The molecule has 0 aromatic rings. The van der Waals surface area contributed by atoms with Crippen LogP contribution in [0.2, 0.25) is 0 Å². The number of aliphatic hydroxyl groups excluding tert-OH is 8. The molecule has 22 unspecified atom stereocenters. The van der Waals surface area contributed by atoms with Crippen LogP contribution in [0.3, 0.4) is 0 Å². The van der Waals surface area contributed by atoms with E-state index in [2.05, 4.69) is 208 Å². The van der Waals surface area contributed by atoms with E-state index in [-0.39, 0.29) is 59.7 Å². The molecule has 8 aliphatic rings. The zero-order valence-electron chi connectivity index (χ0n) is 70.1. The highest BCUT2D eigenvalue weighted by Gasteiger charge is 2.42. The molecule has 8 nitrogen and oxygen atoms in total. The maximum Gasteiger partial charge on any atom is 0.0598 e. The van der Waals surface area contributed by atoms with Crippen molar-refractivity contribution >= 4 is 0 Å². The molecule has 0 amide bonds. The van der Waals surface area contributed by atoms with Gasteiger partial charge in [0.05, 0.1) is 48.8 Å². The zero-order valence-corrected chi connectivity index (χ0v) is 70.1. The summed E-state index contributed by atoms with van der Waals surface area (Å²) < 4.78 is 0. The Bertz CT molecular complexity index is 1920. The summed E-state index contributed by atoms with van der Waals surface area (Å²) in [5, 5.41) is 77.3. The summed E-state index contributed by atoms with van der Waals surface area (Å²) in [6.07, 6.45) is 32.0. The van der Waals surface area contributed by atoms with Gasteiger partial charge in [0.1, 0.15) is 0 Å². The van der Waals surface area contributed by atoms with Crippen molar-refractivity contribution in [2.24, 2.45) is 126 Å². The predicted molar refractivity (Wildman–Crippen MR) is 416 cm³/mol. The summed E-state index contributed by atoms with van der Waals surface area (Å²) in [6, 6.07) is 0. The Hall–Kier alpha value is -0.320. The minimum Gasteiger partial charge on any atom is -0.393 e. The van der Waals surface area contributed by atoms with Crippen LogP contribution in [0.1, 0.15) is 387 Å². The van der Waals surface area contributed by atoms with E-state index in [9.17, 15) is 40.9 Å². The number of hydrogen-bond donors (Lipinski definition) is 8. The van der Waals surface area contributed by atoms with Crippen molar-refractivity contribution in [3.63, 3.8) is 0 Å². The molecule has 0 aliphatic heterocycles. The molecule has 0 aromatic carbocycles. The molecule has 8 fully saturated rings. The van der Waals surface area contributed by atoms with E-state index in [0.717, 1.165) is 87.9 Å². The molecule has 0 spiro atoms. The van der Waals surface area contributed by atoms with Crippen molar-refractivity contribution in [3.05, 3.63) is 0 Å². The summed E-state index contributed by atoms with van der Waals surface area (Å²) in [5.41, 5.74) is 3.03. The van der Waals surface area contributed by atoms with Crippen LogP contribution >= 0.6 is 0 Å². The molecule has 22 atom stereocenters. The lowest BCUT2D eigenvalue weighted by Gasteiger charge is -2.42. The molecule has 96 heavy (non-hydrogen) atoms. The first kappa shape index (κ1) is 93.7. The van der Waals surface area contributed by atoms with E-state index in [1.165, 1.54) is 116 Å². The van der Waals surface area contributed by atoms with Gasteiger partial charge in [-0.05, 0) is 261 Å². The Labute approximate surface area is 600 Å². The monoisotopic (exact) mass is 1360 g/mol. The fraction of sp³-hybridized carbons (Fsp3) is 1.00. The second kappa shape index (κ2) is 41.4. The fourth-order valence-corrected chi connectivity index (χ4v) is 19.3. The van der Waals surface area contributed by atoms with Crippen LogP contribution in [0, 0.1) is 126 Å². The van der Waals surface area contributed by atoms with Gasteiger partial charge in [-0.15, -0.1) is 0 Å². The third kappa shape index (κ3) is 32.8. The molecule has 8 N–H and O–H groups in total. The Morgan fingerprint density at radius 1 is 0.323 bits per heavy atom. The van der Waals surface area contributed by atoms with Crippen molar-refractivity contribution in [1.82, 2.24) is 0 Å². The topological polar surface area (TPSA) is 162 Å². The molecule has 8 aliphatic carbocycles. The van der Waals surface area contributed by atoms with Gasteiger partial charge in [0.25, 0.3) is 0 Å². The lowest BCUT2D eigenvalue weighted by atomic mass is 9.66. The SMILES string of the molecule is CC1C(O)CCCC1C(C)(C)C.CC1CC(C(C)(C)C)CCC1O.CC1CC(O)CCC1C(C)(C)C.CC1CCC(C(C)(C)C)CC1O.CC1CCCC(C(C)(C)C)C1O.CC1CCCC(O)C1C(C)(C)C.CCC(C)C1(C)CCC(O)CC1.CCC(C)C1(C)CCCC(O)C1. The largest absolute Gasteiger partial charge is 0.393 e. The first-order valence-corrected chi connectivity index (χ1v) is 41.1. The Morgan fingerprint density at radius 2 is 0.781 bits per heavy atom. The molecule has 0 radical (unpaired) electrons. The van der Waals surface area contributed by atoms with E-state index in [1.54, 1.807) is 0 Å². The van der Waals surface area contributed by atoms with Gasteiger partial charge < -0.3 is 40.9 Å². The van der Waals surface area contributed by atoms with Crippen LogP contribution in [0.5, 0.6) is 0 Å². The van der Waals surface area contributed by atoms with Gasteiger partial charge in [-0.3, -0.25) is 0 Å². The van der Waals surface area contributed by atoms with Crippen LogP contribution in [-0.2, 0) is 0 Å². The second-order valence-corrected chi connectivity index (χ2v) is 41.7. The molecule has 0 bridgehead atoms. The predicted octanol–water partition coefficient (Wildman–Crippen LogP) is 22.9. The van der Waals surface area contributed by atoms with Crippen LogP contribution in [-0.4, -0.2) is 89.7 Å². The Kier molecular flexibility index (Phi) is 40.4. The van der Waals surface area contributed by atoms with Crippen LogP contribution in [0.4, 0.5) is 0 Å². The molecule has 8 heteroatoms. The maximum atomic E-state index is 9.97. The number of rotatable bonds is 4. The highest BCUT2D eigenvalue weighted by atomic mass is 16.3. The van der Waals surface area contributed by atoms with Crippen molar-refractivity contribution in [2.75, 3.05) is 0 Å². The van der Waals surface area contributed by atoms with Crippen LogP contribution < -0.4 is 0 Å². The van der Waals surface area contributed by atoms with Gasteiger partial charge >= 0.3 is 0 Å². The second-order valence-electron chi connectivity index (χ2n) is 41.7. The van der Waals surface area contributed by atoms with E-state index in [1.807, 2.05) is 0 Å². The smallest absolute Gasteiger partial charge is 0.0598 e. The van der Waals surface area contributed by atoms with Gasteiger partial charge in [0, 0.05) is 0 Å². The standard InChI is InChI=1S/8C11H22O/c1-8-7-9(12)5-6-10(8)11(2,3)4;1-8-7-9(11(2,3)4)5-6-10(8)12;1-8-5-6-9(7-10(8)12)11(2,3)4;1-8-9(11(2,3)4)6-5-7-10(8)12;1-8-6-5-7-9(12)10(8)11(2,3)4;1-8-6-5-7-9(10(8)12)11(2,3)4;1-4-9(2)11(3)7-5-10(12)6-8-11;1-4-9(2)11(3)7-5-6-10(12)8-11/h6*8-10,12H,5-7H2,1-4H3;2*9-10,12H,4-8H2,1-3H3. The summed E-state index contributed by atoms with van der Waals surface area (Å²) in [7, 11) is 0. The summed E-state index contributed by atoms with van der Waals surface area (Å²) in [4.78, 5) is 0. The summed E-state index contributed by atoms with van der Waals surface area (Å²) in [5.74, 6) is 8.95. The lowest BCUT2D eigenvalue weighted by Crippen LogP contribution is -2.39. The van der Waals surface area contributed by atoms with Crippen molar-refractivity contribution in [3.8, 4) is 0 Å². The Morgan fingerprint density at radius 3 is 1.20 bits per heavy atom. The van der Waals surface area contributed by atoms with Crippen molar-refractivity contribution in [1.29, 1.82) is 0 Å². The van der Waals surface area contributed by atoms with E-state index >= 15 is 0 Å². The number of hydrogen-bond acceptors (Lipinski definition) is 8. The first-order chi connectivity index (χ1) is 43.7. The van der Waals surface area contributed by atoms with Crippen LogP contribution in [0.15, 0.2) is 0 Å². The van der Waals surface area contributed by atoms with Gasteiger partial charge in [-0.2, -0.15) is 0 Å². The van der Waals surface area contributed by atoms with Gasteiger partial charge in [-0.25, -0.2) is 0 Å². The Balaban J connectivity index is 0.000000549. The van der Waals surface area contributed by atoms with E-state index in [4.69, 9.17) is 0 Å². The molecule has 0 heterocycles. The molecular weight excluding hydrogens is 1180 g/mol. The maximum absolute atomic E-state index is 9.97. The minimum absolute atomic E-state index is 0.0119. The average Bonchev–Trinajstić information content (AvgIpc) is 0.918. The highest BCUT2D eigenvalue weighted by Crippen LogP contribution is 2.48. The van der Waals surface area contributed by atoms with E-state index in [0.29, 0.717) is 91.7 Å². The minimum atomic E-state index is -0.0706. The van der Waals surface area contributed by atoms with Crippen LogP contribution in [0.25, 0.3) is 0 Å². The highest BCUT2D eigenvalue weighted by molar-refractivity contribution is 4.92. The molecule has 8 rings (SSSR count). The zero-order chi connectivity index (χ0) is 74.5. The normalized spacial score (nSPS) is 38.6. The first-order valence-electron chi connectivity index (χ1n) is 41.1. The van der Waals surface area contributed by atoms with Gasteiger partial charge in [0.2, 0.25) is 0 Å². The summed E-state index contributed by atoms with van der Waals surface area (Å²) >= 11 is 0. The van der Waals surface area contributed by atoms with Crippen molar-refractivity contribution < 1.29 is 40.9 Å². The van der Waals surface area contributed by atoms with Gasteiger partial charge in [-0.1, -0.05) is 253 Å². The van der Waals surface area contributed by atoms with Gasteiger partial charge in [0.15, 0.2) is 0 Å². The number of aliphatic hydroxyl groups is 8. The fourth-order valence-electron chi connectivity index (χ4n) is 19.3. The van der Waals surface area contributed by atoms with E-state index < -0.39 is 0 Å². The third-order valence-corrected chi connectivity index (χ3v) is 27.5. The average molecular weight is 1360 g/mol. The molecule has 0 aromatic heterocycles. The van der Waals surface area contributed by atoms with Crippen molar-refractivity contribution in [2.45, 2.75) is 436 Å². The summed E-state index contributed by atoms with van der Waals surface area (Å²) in [6.45, 7) is 68.1. The molecule has 576 valence electrons.